The standard InChI is InChI=1S/C15H26N2O2/c1-14(2,3)19-13(18)16-8-5-12(9-16)17-10-15(11-17)6-4-7-15/h12H,4-11H2,1-3H3/t12-/m0/s1. The average molecular weight is 266 g/mol. The Morgan fingerprint density at radius 2 is 1.95 bits per heavy atom. The summed E-state index contributed by atoms with van der Waals surface area (Å²) in [6.07, 6.45) is 5.23. The van der Waals surface area contributed by atoms with E-state index in [1.54, 1.807) is 0 Å². The predicted octanol–water partition coefficient (Wildman–Crippen LogP) is 2.48. The summed E-state index contributed by atoms with van der Waals surface area (Å²) in [6, 6.07) is 0.568. The summed E-state index contributed by atoms with van der Waals surface area (Å²) in [6.45, 7) is 10.0. The molecule has 1 amide bonds. The quantitative estimate of drug-likeness (QED) is 0.731. The van der Waals surface area contributed by atoms with Gasteiger partial charge in [-0.15, -0.1) is 0 Å². The average Bonchev–Trinajstić information content (AvgIpc) is 2.59. The van der Waals surface area contributed by atoms with Crippen LogP contribution in [0.1, 0.15) is 46.5 Å². The number of ether oxygens (including phenoxy) is 1. The first-order valence-electron chi connectivity index (χ1n) is 7.59. The molecule has 1 aliphatic carbocycles. The van der Waals surface area contributed by atoms with E-state index < -0.39 is 0 Å². The normalized spacial score (nSPS) is 30.1. The second kappa shape index (κ2) is 4.37. The van der Waals surface area contributed by atoms with Crippen molar-refractivity contribution < 1.29 is 9.53 Å². The summed E-state index contributed by atoms with van der Waals surface area (Å²) in [7, 11) is 0. The van der Waals surface area contributed by atoms with Crippen LogP contribution in [0.3, 0.4) is 0 Å². The Morgan fingerprint density at radius 1 is 1.26 bits per heavy atom. The van der Waals surface area contributed by atoms with Crippen molar-refractivity contribution in [1.29, 1.82) is 0 Å². The van der Waals surface area contributed by atoms with Gasteiger partial charge in [-0.1, -0.05) is 6.42 Å². The molecule has 0 N–H and O–H groups in total. The molecule has 3 aliphatic rings. The highest BCUT2D eigenvalue weighted by Crippen LogP contribution is 2.49. The van der Waals surface area contributed by atoms with E-state index in [1.165, 1.54) is 32.4 Å². The molecular formula is C15H26N2O2. The van der Waals surface area contributed by atoms with E-state index in [4.69, 9.17) is 4.74 Å². The van der Waals surface area contributed by atoms with E-state index in [0.717, 1.165) is 19.5 Å². The van der Waals surface area contributed by atoms with Gasteiger partial charge in [0.1, 0.15) is 5.60 Å². The number of nitrogens with zero attached hydrogens (tertiary/aromatic N) is 2. The molecule has 1 saturated carbocycles. The molecule has 1 spiro atoms. The van der Waals surface area contributed by atoms with Crippen LogP contribution in [0.5, 0.6) is 0 Å². The summed E-state index contributed by atoms with van der Waals surface area (Å²) < 4.78 is 5.44. The fraction of sp³-hybridized carbons (Fsp3) is 0.933. The third-order valence-electron chi connectivity index (χ3n) is 4.82. The Hall–Kier alpha value is -0.770. The first-order valence-corrected chi connectivity index (χ1v) is 7.59. The zero-order valence-electron chi connectivity index (χ0n) is 12.4. The zero-order chi connectivity index (χ0) is 13.7. The van der Waals surface area contributed by atoms with E-state index in [1.807, 2.05) is 25.7 Å². The van der Waals surface area contributed by atoms with Crippen molar-refractivity contribution >= 4 is 6.09 Å². The molecule has 19 heavy (non-hydrogen) atoms. The van der Waals surface area contributed by atoms with E-state index in [0.29, 0.717) is 11.5 Å². The lowest BCUT2D eigenvalue weighted by Gasteiger charge is -2.58. The SMILES string of the molecule is CC(C)(C)OC(=O)N1CC[C@H](N2CC3(CCC3)C2)C1. The lowest BCUT2D eigenvalue weighted by atomic mass is 9.63. The van der Waals surface area contributed by atoms with Crippen molar-refractivity contribution in [2.24, 2.45) is 5.41 Å². The third kappa shape index (κ3) is 2.60. The van der Waals surface area contributed by atoms with E-state index in [2.05, 4.69) is 4.90 Å². The van der Waals surface area contributed by atoms with Crippen LogP contribution < -0.4 is 0 Å². The van der Waals surface area contributed by atoms with Gasteiger partial charge in [-0.2, -0.15) is 0 Å². The zero-order valence-corrected chi connectivity index (χ0v) is 12.4. The Bertz CT molecular complexity index is 363. The van der Waals surface area contributed by atoms with Gasteiger partial charge in [-0.3, -0.25) is 4.90 Å². The first-order chi connectivity index (χ1) is 8.87. The van der Waals surface area contributed by atoms with Crippen molar-refractivity contribution in [2.75, 3.05) is 26.2 Å². The van der Waals surface area contributed by atoms with Gasteiger partial charge >= 0.3 is 6.09 Å². The minimum absolute atomic E-state index is 0.145. The maximum atomic E-state index is 12.0. The molecule has 4 nitrogen and oxygen atoms in total. The summed E-state index contributed by atoms with van der Waals surface area (Å²) in [5.74, 6) is 0. The molecule has 0 aromatic rings. The highest BCUT2D eigenvalue weighted by molar-refractivity contribution is 5.68. The van der Waals surface area contributed by atoms with E-state index in [-0.39, 0.29) is 11.7 Å². The van der Waals surface area contributed by atoms with Gasteiger partial charge in [0.2, 0.25) is 0 Å². The van der Waals surface area contributed by atoms with Gasteiger partial charge in [-0.25, -0.2) is 4.79 Å². The van der Waals surface area contributed by atoms with Gasteiger partial charge in [-0.05, 0) is 45.4 Å². The Kier molecular flexibility index (Phi) is 3.04. The Labute approximate surface area is 116 Å². The van der Waals surface area contributed by atoms with Gasteiger partial charge < -0.3 is 9.64 Å². The van der Waals surface area contributed by atoms with Crippen LogP contribution in [0.15, 0.2) is 0 Å². The molecule has 2 heterocycles. The number of hydrogen-bond acceptors (Lipinski definition) is 3. The monoisotopic (exact) mass is 266 g/mol. The number of amides is 1. The molecular weight excluding hydrogens is 240 g/mol. The van der Waals surface area contributed by atoms with Crippen LogP contribution in [0, 0.1) is 5.41 Å². The van der Waals surface area contributed by atoms with Crippen LogP contribution in [-0.4, -0.2) is 53.7 Å². The summed E-state index contributed by atoms with van der Waals surface area (Å²) in [5, 5.41) is 0. The molecule has 0 radical (unpaired) electrons. The highest BCUT2D eigenvalue weighted by Gasteiger charge is 2.50. The molecule has 0 aromatic carbocycles. The van der Waals surface area contributed by atoms with Gasteiger partial charge in [0.25, 0.3) is 0 Å². The van der Waals surface area contributed by atoms with Crippen molar-refractivity contribution in [3.8, 4) is 0 Å². The van der Waals surface area contributed by atoms with Crippen LogP contribution in [0.2, 0.25) is 0 Å². The predicted molar refractivity (Wildman–Crippen MR) is 74.1 cm³/mol. The maximum absolute atomic E-state index is 12.0. The molecule has 0 unspecified atom stereocenters. The molecule has 108 valence electrons. The molecule has 4 heteroatoms. The second-order valence-corrected chi connectivity index (χ2v) is 7.63. The Balaban J connectivity index is 1.47. The molecule has 2 saturated heterocycles. The molecule has 3 rings (SSSR count). The molecule has 3 fully saturated rings. The molecule has 0 aromatic heterocycles. The molecule has 1 atom stereocenters. The van der Waals surface area contributed by atoms with Crippen molar-refractivity contribution in [1.82, 2.24) is 9.80 Å². The number of hydrogen-bond donors (Lipinski definition) is 0. The Morgan fingerprint density at radius 3 is 2.47 bits per heavy atom. The third-order valence-corrected chi connectivity index (χ3v) is 4.82. The smallest absolute Gasteiger partial charge is 0.410 e. The fourth-order valence-corrected chi connectivity index (χ4v) is 3.60. The lowest BCUT2D eigenvalue weighted by molar-refractivity contribution is -0.0806. The number of rotatable bonds is 1. The summed E-state index contributed by atoms with van der Waals surface area (Å²) >= 11 is 0. The minimum Gasteiger partial charge on any atom is -0.444 e. The van der Waals surface area contributed by atoms with Crippen LogP contribution >= 0.6 is 0 Å². The van der Waals surface area contributed by atoms with Crippen LogP contribution in [0.25, 0.3) is 0 Å². The number of carbonyl (C=O) groups is 1. The minimum atomic E-state index is -0.387. The number of likely N-dealkylation sites (tertiary alicyclic amines) is 2. The van der Waals surface area contributed by atoms with Crippen LogP contribution in [-0.2, 0) is 4.74 Å². The number of carbonyl (C=O) groups excluding carboxylic acids is 1. The molecule has 0 bridgehead atoms. The summed E-state index contributed by atoms with van der Waals surface area (Å²) in [5.41, 5.74) is 0.293. The maximum Gasteiger partial charge on any atom is 0.410 e. The van der Waals surface area contributed by atoms with E-state index in [9.17, 15) is 4.79 Å². The molecule has 2 aliphatic heterocycles. The largest absolute Gasteiger partial charge is 0.444 e. The van der Waals surface area contributed by atoms with Crippen molar-refractivity contribution in [3.63, 3.8) is 0 Å². The fourth-order valence-electron chi connectivity index (χ4n) is 3.60. The van der Waals surface area contributed by atoms with Gasteiger partial charge in [0, 0.05) is 32.2 Å². The lowest BCUT2D eigenvalue weighted by Crippen LogP contribution is -2.63. The van der Waals surface area contributed by atoms with Gasteiger partial charge in [0.15, 0.2) is 0 Å². The van der Waals surface area contributed by atoms with Crippen molar-refractivity contribution in [2.45, 2.75) is 58.1 Å². The van der Waals surface area contributed by atoms with Crippen LogP contribution in [0.4, 0.5) is 4.79 Å². The second-order valence-electron chi connectivity index (χ2n) is 7.63. The van der Waals surface area contributed by atoms with Crippen molar-refractivity contribution in [3.05, 3.63) is 0 Å². The summed E-state index contributed by atoms with van der Waals surface area (Å²) in [4.78, 5) is 16.5. The topological polar surface area (TPSA) is 32.8 Å². The first kappa shape index (κ1) is 13.2. The highest BCUT2D eigenvalue weighted by atomic mass is 16.6. The van der Waals surface area contributed by atoms with Gasteiger partial charge in [0.05, 0.1) is 0 Å². The van der Waals surface area contributed by atoms with E-state index >= 15 is 0 Å².